The van der Waals surface area contributed by atoms with E-state index < -0.39 is 0 Å². The van der Waals surface area contributed by atoms with Crippen LogP contribution in [-0.4, -0.2) is 6.04 Å². The van der Waals surface area contributed by atoms with Gasteiger partial charge in [-0.3, -0.25) is 0 Å². The zero-order valence-electron chi connectivity index (χ0n) is 13.4. The van der Waals surface area contributed by atoms with E-state index in [0.29, 0.717) is 6.04 Å². The highest BCUT2D eigenvalue weighted by molar-refractivity contribution is 9.10. The third kappa shape index (κ3) is 7.96. The van der Waals surface area contributed by atoms with E-state index in [0.717, 1.165) is 16.6 Å². The topological polar surface area (TPSA) is 12.0 Å². The first-order chi connectivity index (χ1) is 10.2. The molecule has 0 aliphatic heterocycles. The summed E-state index contributed by atoms with van der Waals surface area (Å²) in [5.74, 6) is -0.163. The first-order valence-electron chi connectivity index (χ1n) is 8.34. The van der Waals surface area contributed by atoms with Crippen molar-refractivity contribution >= 4 is 15.9 Å². The molecule has 0 radical (unpaired) electrons. The molecule has 3 heteroatoms. The van der Waals surface area contributed by atoms with Crippen LogP contribution in [0.25, 0.3) is 0 Å². The minimum Gasteiger partial charge on any atom is -0.310 e. The predicted molar refractivity (Wildman–Crippen MR) is 93.0 cm³/mol. The Morgan fingerprint density at radius 1 is 1.05 bits per heavy atom. The van der Waals surface area contributed by atoms with Gasteiger partial charge in [0.05, 0.1) is 0 Å². The maximum absolute atomic E-state index is 13.3. The van der Waals surface area contributed by atoms with Gasteiger partial charge in [-0.1, -0.05) is 68.3 Å². The van der Waals surface area contributed by atoms with Crippen molar-refractivity contribution in [3.63, 3.8) is 0 Å². The molecular weight excluding hydrogens is 329 g/mol. The summed E-state index contributed by atoms with van der Waals surface area (Å²) >= 11 is 3.50. The highest BCUT2D eigenvalue weighted by Gasteiger charge is 2.09. The Balaban J connectivity index is 2.47. The molecule has 0 spiro atoms. The summed E-state index contributed by atoms with van der Waals surface area (Å²) in [6, 6.07) is 5.45. The average Bonchev–Trinajstić information content (AvgIpc) is 2.47. The molecule has 0 bridgehead atoms. The lowest BCUT2D eigenvalue weighted by Gasteiger charge is -2.19. The predicted octanol–water partition coefficient (Wildman–Crippen LogP) is 6.21. The van der Waals surface area contributed by atoms with Crippen molar-refractivity contribution in [1.29, 1.82) is 0 Å². The molecular formula is C18H29BrFN. The summed E-state index contributed by atoms with van der Waals surface area (Å²) in [4.78, 5) is 0. The second-order valence-corrected chi connectivity index (χ2v) is 6.66. The maximum atomic E-state index is 13.3. The van der Waals surface area contributed by atoms with Crippen LogP contribution in [-0.2, 0) is 6.54 Å². The molecule has 1 aromatic carbocycles. The van der Waals surface area contributed by atoms with Crippen LogP contribution in [0.3, 0.4) is 0 Å². The van der Waals surface area contributed by atoms with Gasteiger partial charge < -0.3 is 5.32 Å². The standard InChI is InChI=1S/C18H29BrFN/c1-3-5-7-9-17(10-8-6-4-2)21-14-15-13-16(20)11-12-18(15)19/h11-13,17,21H,3-10,14H2,1-2H3. The Morgan fingerprint density at radius 2 is 1.67 bits per heavy atom. The van der Waals surface area contributed by atoms with Gasteiger partial charge in [-0.2, -0.15) is 0 Å². The maximum Gasteiger partial charge on any atom is 0.123 e. The van der Waals surface area contributed by atoms with Gasteiger partial charge in [0.1, 0.15) is 5.82 Å². The molecule has 1 nitrogen and oxygen atoms in total. The second-order valence-electron chi connectivity index (χ2n) is 5.81. The van der Waals surface area contributed by atoms with Crippen molar-refractivity contribution in [2.45, 2.75) is 77.8 Å². The van der Waals surface area contributed by atoms with Gasteiger partial charge in [-0.25, -0.2) is 4.39 Å². The minimum atomic E-state index is -0.163. The fraction of sp³-hybridized carbons (Fsp3) is 0.667. The average molecular weight is 358 g/mol. The molecule has 0 heterocycles. The van der Waals surface area contributed by atoms with Crippen molar-refractivity contribution in [3.05, 3.63) is 34.1 Å². The van der Waals surface area contributed by atoms with Crippen LogP contribution in [0.5, 0.6) is 0 Å². The highest BCUT2D eigenvalue weighted by Crippen LogP contribution is 2.19. The van der Waals surface area contributed by atoms with E-state index in [1.54, 1.807) is 12.1 Å². The fourth-order valence-corrected chi connectivity index (χ4v) is 2.95. The van der Waals surface area contributed by atoms with Crippen LogP contribution in [0, 0.1) is 5.82 Å². The summed E-state index contributed by atoms with van der Waals surface area (Å²) in [7, 11) is 0. The van der Waals surface area contributed by atoms with Gasteiger partial charge in [0.15, 0.2) is 0 Å². The Hall–Kier alpha value is -0.410. The smallest absolute Gasteiger partial charge is 0.123 e. The van der Waals surface area contributed by atoms with Crippen LogP contribution in [0.4, 0.5) is 4.39 Å². The van der Waals surface area contributed by atoms with E-state index in [1.807, 2.05) is 0 Å². The molecule has 0 atom stereocenters. The number of rotatable bonds is 11. The van der Waals surface area contributed by atoms with E-state index >= 15 is 0 Å². The molecule has 1 aromatic rings. The van der Waals surface area contributed by atoms with Crippen LogP contribution in [0.1, 0.15) is 70.8 Å². The zero-order chi connectivity index (χ0) is 15.5. The van der Waals surface area contributed by atoms with Crippen molar-refractivity contribution in [3.8, 4) is 0 Å². The number of hydrogen-bond donors (Lipinski definition) is 1. The van der Waals surface area contributed by atoms with Gasteiger partial charge >= 0.3 is 0 Å². The van der Waals surface area contributed by atoms with E-state index in [1.165, 1.54) is 57.4 Å². The molecule has 0 fully saturated rings. The number of unbranched alkanes of at least 4 members (excludes halogenated alkanes) is 4. The Morgan fingerprint density at radius 3 is 2.24 bits per heavy atom. The second kappa shape index (κ2) is 11.2. The van der Waals surface area contributed by atoms with Crippen LogP contribution in [0.2, 0.25) is 0 Å². The van der Waals surface area contributed by atoms with Crippen molar-refractivity contribution in [2.24, 2.45) is 0 Å². The molecule has 0 aliphatic carbocycles. The fourth-order valence-electron chi connectivity index (χ4n) is 2.56. The number of benzene rings is 1. The quantitative estimate of drug-likeness (QED) is 0.464. The summed E-state index contributed by atoms with van der Waals surface area (Å²) in [6.07, 6.45) is 10.1. The molecule has 0 unspecified atom stereocenters. The van der Waals surface area contributed by atoms with E-state index in [-0.39, 0.29) is 5.82 Å². The third-order valence-corrected chi connectivity index (χ3v) is 4.67. The molecule has 1 rings (SSSR count). The zero-order valence-corrected chi connectivity index (χ0v) is 15.0. The lowest BCUT2D eigenvalue weighted by atomic mass is 10.0. The van der Waals surface area contributed by atoms with E-state index in [2.05, 4.69) is 35.1 Å². The number of halogens is 2. The molecule has 0 aromatic heterocycles. The summed E-state index contributed by atoms with van der Waals surface area (Å²) in [5, 5.41) is 3.63. The lowest BCUT2D eigenvalue weighted by Crippen LogP contribution is -2.28. The molecule has 0 saturated heterocycles. The Kier molecular flexibility index (Phi) is 9.94. The molecule has 0 saturated carbocycles. The van der Waals surface area contributed by atoms with Gasteiger partial charge in [0.2, 0.25) is 0 Å². The number of hydrogen-bond acceptors (Lipinski definition) is 1. The summed E-state index contributed by atoms with van der Waals surface area (Å²) < 4.78 is 14.3. The Labute approximate surface area is 137 Å². The first kappa shape index (κ1) is 18.6. The summed E-state index contributed by atoms with van der Waals surface area (Å²) in [5.41, 5.74) is 1.01. The number of nitrogens with one attached hydrogen (secondary N) is 1. The summed E-state index contributed by atoms with van der Waals surface area (Å²) in [6.45, 7) is 5.22. The van der Waals surface area contributed by atoms with E-state index in [4.69, 9.17) is 0 Å². The third-order valence-electron chi connectivity index (χ3n) is 3.90. The monoisotopic (exact) mass is 357 g/mol. The van der Waals surface area contributed by atoms with Gasteiger partial charge in [0.25, 0.3) is 0 Å². The first-order valence-corrected chi connectivity index (χ1v) is 9.14. The van der Waals surface area contributed by atoms with E-state index in [9.17, 15) is 4.39 Å². The minimum absolute atomic E-state index is 0.163. The van der Waals surface area contributed by atoms with Crippen molar-refractivity contribution in [2.75, 3.05) is 0 Å². The van der Waals surface area contributed by atoms with Crippen molar-refractivity contribution < 1.29 is 4.39 Å². The Bertz CT molecular complexity index is 385. The van der Waals surface area contributed by atoms with Gasteiger partial charge in [-0.05, 0) is 36.6 Å². The van der Waals surface area contributed by atoms with Gasteiger partial charge in [-0.15, -0.1) is 0 Å². The SMILES string of the molecule is CCCCCC(CCCCC)NCc1cc(F)ccc1Br. The van der Waals surface area contributed by atoms with Crippen LogP contribution >= 0.6 is 15.9 Å². The van der Waals surface area contributed by atoms with Crippen LogP contribution in [0.15, 0.2) is 22.7 Å². The largest absolute Gasteiger partial charge is 0.310 e. The molecule has 120 valence electrons. The van der Waals surface area contributed by atoms with Gasteiger partial charge in [0, 0.05) is 17.1 Å². The highest BCUT2D eigenvalue weighted by atomic mass is 79.9. The molecule has 0 amide bonds. The normalized spacial score (nSPS) is 11.3. The lowest BCUT2D eigenvalue weighted by molar-refractivity contribution is 0.417. The molecule has 1 N–H and O–H groups in total. The van der Waals surface area contributed by atoms with Crippen LogP contribution < -0.4 is 5.32 Å². The van der Waals surface area contributed by atoms with Crippen molar-refractivity contribution in [1.82, 2.24) is 5.32 Å². The molecule has 0 aliphatic rings. The molecule has 21 heavy (non-hydrogen) atoms.